The van der Waals surface area contributed by atoms with Crippen molar-refractivity contribution in [2.24, 2.45) is 11.8 Å². The first-order valence-electron chi connectivity index (χ1n) is 9.01. The zero-order valence-electron chi connectivity index (χ0n) is 14.2. The Morgan fingerprint density at radius 3 is 2.96 bits per heavy atom. The van der Waals surface area contributed by atoms with E-state index in [9.17, 15) is 0 Å². The predicted octanol–water partition coefficient (Wildman–Crippen LogP) is 3.56. The van der Waals surface area contributed by atoms with Gasteiger partial charge in [0.1, 0.15) is 5.75 Å². The molecule has 0 spiro atoms. The van der Waals surface area contributed by atoms with Crippen molar-refractivity contribution in [2.75, 3.05) is 20.2 Å². The molecule has 3 unspecified atom stereocenters. The first-order valence-corrected chi connectivity index (χ1v) is 9.01. The standard InChI is InChI=1S/C19H27N3O/c1-3-15-10-14-4-7-18(15)21(12-14)8-9-22-13-20-17-6-5-16(23-2)11-19(17)22/h5-6,11,13-15,18H,3-4,7-10,12H2,1-2H3. The summed E-state index contributed by atoms with van der Waals surface area (Å²) >= 11 is 0. The minimum absolute atomic E-state index is 0.814. The van der Waals surface area contributed by atoms with Gasteiger partial charge in [-0.1, -0.05) is 13.3 Å². The minimum Gasteiger partial charge on any atom is -0.497 e. The fraction of sp³-hybridized carbons (Fsp3) is 0.632. The molecule has 1 saturated carbocycles. The number of nitrogens with zero attached hydrogens (tertiary/aromatic N) is 3. The summed E-state index contributed by atoms with van der Waals surface area (Å²) in [6.45, 7) is 5.82. The van der Waals surface area contributed by atoms with Gasteiger partial charge in [-0.15, -0.1) is 0 Å². The molecule has 3 aliphatic rings. The Balaban J connectivity index is 1.49. The number of rotatable bonds is 5. The summed E-state index contributed by atoms with van der Waals surface area (Å²) in [6.07, 6.45) is 7.62. The first kappa shape index (κ1) is 15.0. The van der Waals surface area contributed by atoms with Gasteiger partial charge in [0.25, 0.3) is 0 Å². The molecule has 5 rings (SSSR count). The highest BCUT2D eigenvalue weighted by Crippen LogP contribution is 2.40. The summed E-state index contributed by atoms with van der Waals surface area (Å²) in [7, 11) is 1.72. The maximum absolute atomic E-state index is 5.36. The number of ether oxygens (including phenoxy) is 1. The van der Waals surface area contributed by atoms with Crippen LogP contribution in [0.15, 0.2) is 24.5 Å². The summed E-state index contributed by atoms with van der Waals surface area (Å²) < 4.78 is 7.64. The molecule has 1 aromatic heterocycles. The summed E-state index contributed by atoms with van der Waals surface area (Å²) in [5.41, 5.74) is 2.23. The van der Waals surface area contributed by atoms with Crippen LogP contribution in [0, 0.1) is 11.8 Å². The van der Waals surface area contributed by atoms with Crippen LogP contribution in [0.1, 0.15) is 32.6 Å². The minimum atomic E-state index is 0.814. The van der Waals surface area contributed by atoms with Crippen molar-refractivity contribution >= 4 is 11.0 Å². The summed E-state index contributed by atoms with van der Waals surface area (Å²) in [6, 6.07) is 6.93. The third-order valence-electron chi connectivity index (χ3n) is 5.99. The van der Waals surface area contributed by atoms with Crippen molar-refractivity contribution in [3.8, 4) is 5.75 Å². The molecule has 3 atom stereocenters. The number of benzene rings is 1. The second-order valence-electron chi connectivity index (χ2n) is 7.20. The zero-order chi connectivity index (χ0) is 15.8. The SMILES string of the molecule is CCC1CC2CCC1N(CCn1cnc3ccc(OC)cc31)C2. The second-order valence-corrected chi connectivity index (χ2v) is 7.20. The number of hydrogen-bond acceptors (Lipinski definition) is 3. The molecule has 1 aliphatic carbocycles. The summed E-state index contributed by atoms with van der Waals surface area (Å²) in [4.78, 5) is 7.27. The van der Waals surface area contributed by atoms with Crippen LogP contribution in [-0.4, -0.2) is 40.7 Å². The van der Waals surface area contributed by atoms with Crippen LogP contribution < -0.4 is 4.74 Å². The van der Waals surface area contributed by atoms with E-state index in [0.29, 0.717) is 0 Å². The van der Waals surface area contributed by atoms with E-state index in [1.807, 2.05) is 18.5 Å². The Bertz CT molecular complexity index is 680. The van der Waals surface area contributed by atoms with Gasteiger partial charge in [0, 0.05) is 31.7 Å². The molecule has 1 aromatic carbocycles. The maximum atomic E-state index is 5.36. The number of aromatic nitrogens is 2. The average molecular weight is 313 g/mol. The number of imidazole rings is 1. The maximum Gasteiger partial charge on any atom is 0.121 e. The molecule has 3 fully saturated rings. The van der Waals surface area contributed by atoms with Gasteiger partial charge in [0.15, 0.2) is 0 Å². The quantitative estimate of drug-likeness (QED) is 0.845. The van der Waals surface area contributed by atoms with E-state index in [0.717, 1.165) is 42.2 Å². The molecule has 2 aliphatic heterocycles. The fourth-order valence-electron chi connectivity index (χ4n) is 4.73. The predicted molar refractivity (Wildman–Crippen MR) is 92.8 cm³/mol. The lowest BCUT2D eigenvalue weighted by Crippen LogP contribution is -2.53. The molecular weight excluding hydrogens is 286 g/mol. The van der Waals surface area contributed by atoms with Crippen LogP contribution in [-0.2, 0) is 6.54 Å². The van der Waals surface area contributed by atoms with Crippen LogP contribution in [0.3, 0.4) is 0 Å². The van der Waals surface area contributed by atoms with Crippen molar-refractivity contribution in [3.63, 3.8) is 0 Å². The molecule has 23 heavy (non-hydrogen) atoms. The van der Waals surface area contributed by atoms with Crippen molar-refractivity contribution in [1.29, 1.82) is 0 Å². The average Bonchev–Trinajstić information content (AvgIpc) is 3.02. The monoisotopic (exact) mass is 313 g/mol. The van der Waals surface area contributed by atoms with E-state index in [4.69, 9.17) is 4.74 Å². The van der Waals surface area contributed by atoms with E-state index in [2.05, 4.69) is 27.4 Å². The van der Waals surface area contributed by atoms with Crippen LogP contribution in [0.2, 0.25) is 0 Å². The highest BCUT2D eigenvalue weighted by atomic mass is 16.5. The van der Waals surface area contributed by atoms with Crippen molar-refractivity contribution in [1.82, 2.24) is 14.5 Å². The highest BCUT2D eigenvalue weighted by Gasteiger charge is 2.39. The van der Waals surface area contributed by atoms with E-state index in [1.54, 1.807) is 7.11 Å². The van der Waals surface area contributed by atoms with Gasteiger partial charge >= 0.3 is 0 Å². The van der Waals surface area contributed by atoms with E-state index in [1.165, 1.54) is 37.7 Å². The number of piperidine rings is 2. The van der Waals surface area contributed by atoms with E-state index < -0.39 is 0 Å². The van der Waals surface area contributed by atoms with E-state index in [-0.39, 0.29) is 0 Å². The van der Waals surface area contributed by atoms with Crippen LogP contribution in [0.5, 0.6) is 5.75 Å². The first-order chi connectivity index (χ1) is 11.3. The normalized spacial score (nSPS) is 27.7. The summed E-state index contributed by atoms with van der Waals surface area (Å²) in [5, 5.41) is 0. The number of methoxy groups -OCH3 is 1. The number of hydrogen-bond donors (Lipinski definition) is 0. The van der Waals surface area contributed by atoms with Gasteiger partial charge in [-0.05, 0) is 43.2 Å². The van der Waals surface area contributed by atoms with Crippen molar-refractivity contribution in [3.05, 3.63) is 24.5 Å². The van der Waals surface area contributed by atoms with E-state index >= 15 is 0 Å². The fourth-order valence-corrected chi connectivity index (χ4v) is 4.73. The molecule has 0 amide bonds. The largest absolute Gasteiger partial charge is 0.497 e. The molecule has 4 nitrogen and oxygen atoms in total. The van der Waals surface area contributed by atoms with Gasteiger partial charge in [0.05, 0.1) is 24.5 Å². The van der Waals surface area contributed by atoms with Crippen LogP contribution in [0.4, 0.5) is 0 Å². The molecule has 124 valence electrons. The smallest absolute Gasteiger partial charge is 0.121 e. The lowest BCUT2D eigenvalue weighted by molar-refractivity contribution is -0.00192. The second kappa shape index (κ2) is 6.16. The topological polar surface area (TPSA) is 30.3 Å². The molecule has 3 heterocycles. The van der Waals surface area contributed by atoms with Crippen molar-refractivity contribution < 1.29 is 4.74 Å². The third-order valence-corrected chi connectivity index (χ3v) is 5.99. The zero-order valence-corrected chi connectivity index (χ0v) is 14.2. The lowest BCUT2D eigenvalue weighted by atomic mass is 9.72. The summed E-state index contributed by atoms with van der Waals surface area (Å²) in [5.74, 6) is 2.76. The van der Waals surface area contributed by atoms with Crippen LogP contribution >= 0.6 is 0 Å². The Kier molecular flexibility index (Phi) is 4.02. The van der Waals surface area contributed by atoms with Gasteiger partial charge in [-0.3, -0.25) is 4.90 Å². The molecular formula is C19H27N3O. The molecule has 2 bridgehead atoms. The Morgan fingerprint density at radius 2 is 2.17 bits per heavy atom. The Hall–Kier alpha value is -1.55. The third kappa shape index (κ3) is 2.74. The molecule has 0 radical (unpaired) electrons. The van der Waals surface area contributed by atoms with Gasteiger partial charge < -0.3 is 9.30 Å². The lowest BCUT2D eigenvalue weighted by Gasteiger charge is -2.50. The molecule has 4 heteroatoms. The van der Waals surface area contributed by atoms with Gasteiger partial charge in [-0.25, -0.2) is 4.98 Å². The van der Waals surface area contributed by atoms with Crippen molar-refractivity contribution in [2.45, 2.75) is 45.2 Å². The highest BCUT2D eigenvalue weighted by molar-refractivity contribution is 5.77. The molecule has 2 saturated heterocycles. The molecule has 0 N–H and O–H groups in total. The van der Waals surface area contributed by atoms with Crippen LogP contribution in [0.25, 0.3) is 11.0 Å². The van der Waals surface area contributed by atoms with Gasteiger partial charge in [-0.2, -0.15) is 0 Å². The Morgan fingerprint density at radius 1 is 1.26 bits per heavy atom. The Labute approximate surface area is 138 Å². The molecule has 2 aromatic rings. The van der Waals surface area contributed by atoms with Gasteiger partial charge in [0.2, 0.25) is 0 Å². The number of fused-ring (bicyclic) bond motifs is 4.